The first kappa shape index (κ1) is 15.7. The zero-order valence-corrected chi connectivity index (χ0v) is 12.7. The fourth-order valence-corrected chi connectivity index (χ4v) is 1.96. The Bertz CT molecular complexity index is 515. The van der Waals surface area contributed by atoms with Gasteiger partial charge >= 0.3 is 6.03 Å². The van der Waals surface area contributed by atoms with Gasteiger partial charge in [0.15, 0.2) is 0 Å². The number of hydrogen-bond donors (Lipinski definition) is 3. The van der Waals surface area contributed by atoms with Crippen LogP contribution in [-0.4, -0.2) is 28.4 Å². The number of halogens is 1. The second-order valence-corrected chi connectivity index (χ2v) is 5.45. The van der Waals surface area contributed by atoms with Crippen molar-refractivity contribution in [1.29, 1.82) is 0 Å². The Morgan fingerprint density at radius 3 is 2.74 bits per heavy atom. The van der Waals surface area contributed by atoms with Crippen LogP contribution in [0.3, 0.4) is 0 Å². The molecule has 1 rings (SSSR count). The third-order valence-electron chi connectivity index (χ3n) is 2.90. The van der Waals surface area contributed by atoms with E-state index in [1.54, 1.807) is 26.2 Å². The number of aliphatic hydroxyl groups is 1. The third-order valence-corrected chi connectivity index (χ3v) is 3.33. The highest BCUT2D eigenvalue weighted by molar-refractivity contribution is 9.10. The van der Waals surface area contributed by atoms with Gasteiger partial charge in [0, 0.05) is 30.4 Å². The third kappa shape index (κ3) is 4.36. The standard InChI is InChI=1S/C12H18BrN3O3/c1-7(6-17)8(2)14-12(19)15-10-4-9(13)5-16(3)11(10)18/h4-5,7-8,17H,6H2,1-3H3,(H2,14,15,19). The van der Waals surface area contributed by atoms with Crippen LogP contribution in [0.25, 0.3) is 0 Å². The molecular weight excluding hydrogens is 314 g/mol. The van der Waals surface area contributed by atoms with E-state index in [-0.39, 0.29) is 29.8 Å². The molecule has 0 aromatic carbocycles. The Kier molecular flexibility index (Phi) is 5.56. The molecule has 0 bridgehead atoms. The molecule has 0 radical (unpaired) electrons. The highest BCUT2D eigenvalue weighted by Crippen LogP contribution is 2.11. The van der Waals surface area contributed by atoms with E-state index in [4.69, 9.17) is 5.11 Å². The summed E-state index contributed by atoms with van der Waals surface area (Å²) in [5.41, 5.74) is -0.0977. The first-order valence-electron chi connectivity index (χ1n) is 5.89. The van der Waals surface area contributed by atoms with Crippen LogP contribution in [0.1, 0.15) is 13.8 Å². The molecule has 0 aliphatic carbocycles. The van der Waals surface area contributed by atoms with Crippen LogP contribution in [-0.2, 0) is 7.05 Å². The molecule has 0 fully saturated rings. The monoisotopic (exact) mass is 331 g/mol. The van der Waals surface area contributed by atoms with Gasteiger partial charge in [-0.1, -0.05) is 6.92 Å². The van der Waals surface area contributed by atoms with Crippen molar-refractivity contribution < 1.29 is 9.90 Å². The number of aliphatic hydroxyl groups excluding tert-OH is 1. The Morgan fingerprint density at radius 1 is 1.53 bits per heavy atom. The second kappa shape index (κ2) is 6.72. The maximum atomic E-state index is 11.8. The molecule has 6 nitrogen and oxygen atoms in total. The molecule has 3 N–H and O–H groups in total. The molecular formula is C12H18BrN3O3. The van der Waals surface area contributed by atoms with Crippen LogP contribution in [0, 0.1) is 5.92 Å². The molecule has 1 aromatic heterocycles. The summed E-state index contributed by atoms with van der Waals surface area (Å²) in [5, 5.41) is 14.2. The zero-order valence-electron chi connectivity index (χ0n) is 11.1. The number of hydrogen-bond acceptors (Lipinski definition) is 3. The number of amides is 2. The quantitative estimate of drug-likeness (QED) is 0.777. The largest absolute Gasteiger partial charge is 0.396 e. The summed E-state index contributed by atoms with van der Waals surface area (Å²) in [6.45, 7) is 3.60. The van der Waals surface area contributed by atoms with Crippen LogP contribution in [0.5, 0.6) is 0 Å². The van der Waals surface area contributed by atoms with Crippen molar-refractivity contribution in [2.24, 2.45) is 13.0 Å². The number of urea groups is 1. The van der Waals surface area contributed by atoms with Gasteiger partial charge in [-0.05, 0) is 34.8 Å². The van der Waals surface area contributed by atoms with Crippen molar-refractivity contribution in [3.63, 3.8) is 0 Å². The molecule has 2 atom stereocenters. The number of rotatable bonds is 4. The minimum atomic E-state index is -0.469. The number of nitrogens with zero attached hydrogens (tertiary/aromatic N) is 1. The lowest BCUT2D eigenvalue weighted by Gasteiger charge is -2.19. The summed E-state index contributed by atoms with van der Waals surface area (Å²) < 4.78 is 2.07. The molecule has 0 saturated carbocycles. The highest BCUT2D eigenvalue weighted by atomic mass is 79.9. The summed E-state index contributed by atoms with van der Waals surface area (Å²) in [5.74, 6) is -0.0592. The predicted octanol–water partition coefficient (Wildman–Crippen LogP) is 1.29. The molecule has 0 spiro atoms. The summed E-state index contributed by atoms with van der Waals surface area (Å²) >= 11 is 3.26. The normalized spacial score (nSPS) is 13.7. The summed E-state index contributed by atoms with van der Waals surface area (Å²) in [6.07, 6.45) is 1.61. The van der Waals surface area contributed by atoms with Crippen LogP contribution in [0.15, 0.2) is 21.5 Å². The maximum absolute atomic E-state index is 11.8. The van der Waals surface area contributed by atoms with E-state index in [9.17, 15) is 9.59 Å². The number of aromatic nitrogens is 1. The van der Waals surface area contributed by atoms with Gasteiger partial charge in [-0.25, -0.2) is 4.79 Å². The van der Waals surface area contributed by atoms with Crippen LogP contribution in [0.4, 0.5) is 10.5 Å². The molecule has 2 unspecified atom stereocenters. The van der Waals surface area contributed by atoms with Gasteiger partial charge in [-0.3, -0.25) is 4.79 Å². The smallest absolute Gasteiger partial charge is 0.319 e. The summed E-state index contributed by atoms with van der Waals surface area (Å²) in [7, 11) is 1.60. The van der Waals surface area contributed by atoms with Crippen LogP contribution >= 0.6 is 15.9 Å². The van der Waals surface area contributed by atoms with E-state index in [0.29, 0.717) is 4.47 Å². The molecule has 0 aliphatic rings. The van der Waals surface area contributed by atoms with Crippen molar-refractivity contribution in [2.45, 2.75) is 19.9 Å². The number of anilines is 1. The zero-order chi connectivity index (χ0) is 14.6. The van der Waals surface area contributed by atoms with Crippen molar-refractivity contribution in [3.05, 3.63) is 27.1 Å². The van der Waals surface area contributed by atoms with Gasteiger partial charge in [-0.15, -0.1) is 0 Å². The lowest BCUT2D eigenvalue weighted by atomic mass is 10.1. The van der Waals surface area contributed by atoms with Gasteiger partial charge in [0.2, 0.25) is 0 Å². The molecule has 0 aliphatic heterocycles. The van der Waals surface area contributed by atoms with E-state index in [1.807, 2.05) is 6.92 Å². The molecule has 2 amide bonds. The van der Waals surface area contributed by atoms with E-state index < -0.39 is 6.03 Å². The van der Waals surface area contributed by atoms with Gasteiger partial charge in [0.05, 0.1) is 0 Å². The van der Waals surface area contributed by atoms with Gasteiger partial charge in [0.1, 0.15) is 5.69 Å². The Morgan fingerprint density at radius 2 is 2.16 bits per heavy atom. The Balaban J connectivity index is 2.75. The number of carbonyl (C=O) groups excluding carboxylic acids is 1. The molecule has 106 valence electrons. The summed E-state index contributed by atoms with van der Waals surface area (Å²) in [4.78, 5) is 23.5. The van der Waals surface area contributed by atoms with E-state index in [2.05, 4.69) is 26.6 Å². The topological polar surface area (TPSA) is 83.4 Å². The van der Waals surface area contributed by atoms with Gasteiger partial charge in [0.25, 0.3) is 5.56 Å². The minimum Gasteiger partial charge on any atom is -0.396 e. The van der Waals surface area contributed by atoms with Crippen molar-refractivity contribution in [3.8, 4) is 0 Å². The SMILES string of the molecule is CC(CO)C(C)NC(=O)Nc1cc(Br)cn(C)c1=O. The van der Waals surface area contributed by atoms with E-state index in [1.165, 1.54) is 4.57 Å². The van der Waals surface area contributed by atoms with Crippen molar-refractivity contribution in [2.75, 3.05) is 11.9 Å². The van der Waals surface area contributed by atoms with E-state index >= 15 is 0 Å². The number of pyridine rings is 1. The second-order valence-electron chi connectivity index (χ2n) is 4.54. The average Bonchev–Trinajstić information content (AvgIpc) is 2.34. The van der Waals surface area contributed by atoms with Crippen LogP contribution < -0.4 is 16.2 Å². The van der Waals surface area contributed by atoms with E-state index in [0.717, 1.165) is 0 Å². The highest BCUT2D eigenvalue weighted by Gasteiger charge is 2.15. The Hall–Kier alpha value is -1.34. The lowest BCUT2D eigenvalue weighted by molar-refractivity contribution is 0.204. The predicted molar refractivity (Wildman–Crippen MR) is 77.2 cm³/mol. The fourth-order valence-electron chi connectivity index (χ4n) is 1.43. The number of nitrogens with one attached hydrogen (secondary N) is 2. The minimum absolute atomic E-state index is 0.0138. The number of aryl methyl sites for hydroxylation is 1. The molecule has 19 heavy (non-hydrogen) atoms. The lowest BCUT2D eigenvalue weighted by Crippen LogP contribution is -2.41. The maximum Gasteiger partial charge on any atom is 0.319 e. The number of carbonyl (C=O) groups is 1. The fraction of sp³-hybridized carbons (Fsp3) is 0.500. The summed E-state index contributed by atoms with van der Waals surface area (Å²) in [6, 6.07) is 0.881. The van der Waals surface area contributed by atoms with Crippen molar-refractivity contribution >= 4 is 27.6 Å². The van der Waals surface area contributed by atoms with Gasteiger partial charge < -0.3 is 20.3 Å². The Labute approximate surface area is 120 Å². The molecule has 0 saturated heterocycles. The first-order chi connectivity index (χ1) is 8.85. The molecule has 1 aromatic rings. The first-order valence-corrected chi connectivity index (χ1v) is 6.69. The molecule has 1 heterocycles. The van der Waals surface area contributed by atoms with Crippen LogP contribution in [0.2, 0.25) is 0 Å². The molecule has 7 heteroatoms. The van der Waals surface area contributed by atoms with Crippen molar-refractivity contribution in [1.82, 2.24) is 9.88 Å². The van der Waals surface area contributed by atoms with Gasteiger partial charge in [-0.2, -0.15) is 0 Å². The average molecular weight is 332 g/mol.